The Labute approximate surface area is 160 Å². The van der Waals surface area contributed by atoms with Crippen molar-refractivity contribution in [2.24, 2.45) is 0 Å². The summed E-state index contributed by atoms with van der Waals surface area (Å²) in [5.41, 5.74) is 1.66. The van der Waals surface area contributed by atoms with E-state index in [-0.39, 0.29) is 6.61 Å². The van der Waals surface area contributed by atoms with Crippen LogP contribution in [0, 0.1) is 0 Å². The third-order valence-corrected chi connectivity index (χ3v) is 5.29. The minimum atomic E-state index is 0.195. The third kappa shape index (κ3) is 3.39. The summed E-state index contributed by atoms with van der Waals surface area (Å²) in [7, 11) is 0. The van der Waals surface area contributed by atoms with Gasteiger partial charge in [0.25, 0.3) is 0 Å². The summed E-state index contributed by atoms with van der Waals surface area (Å²) in [6.07, 6.45) is 9.46. The van der Waals surface area contributed by atoms with E-state index >= 15 is 0 Å². The Hall–Kier alpha value is -2.19. The Kier molecular flexibility index (Phi) is 5.03. The standard InChI is InChI=1S/C18H21BrN6O/c19-15-12-21-25-17(22-13-4-3-7-20-11-13)10-16(23-18(15)25)24-8-2-1-5-14(24)6-9-26/h3-4,7,10-12,14,22,26H,1-2,5-6,8-9H2. The minimum absolute atomic E-state index is 0.195. The molecule has 4 heterocycles. The number of nitrogens with one attached hydrogen (secondary N) is 1. The number of aliphatic hydroxyl groups is 1. The number of halogens is 1. The molecule has 0 spiro atoms. The summed E-state index contributed by atoms with van der Waals surface area (Å²) < 4.78 is 2.63. The monoisotopic (exact) mass is 416 g/mol. The SMILES string of the molecule is OCCC1CCCCN1c1cc(Nc2cccnc2)n2ncc(Br)c2n1. The lowest BCUT2D eigenvalue weighted by atomic mass is 9.99. The molecule has 1 fully saturated rings. The van der Waals surface area contributed by atoms with E-state index in [1.807, 2.05) is 18.2 Å². The molecule has 1 unspecified atom stereocenters. The van der Waals surface area contributed by atoms with Crippen LogP contribution in [0.15, 0.2) is 41.3 Å². The first-order valence-electron chi connectivity index (χ1n) is 8.85. The smallest absolute Gasteiger partial charge is 0.173 e. The molecule has 0 saturated carbocycles. The number of piperidine rings is 1. The molecular weight excluding hydrogens is 396 g/mol. The molecule has 136 valence electrons. The lowest BCUT2D eigenvalue weighted by molar-refractivity contribution is 0.262. The van der Waals surface area contributed by atoms with E-state index in [4.69, 9.17) is 4.98 Å². The number of pyridine rings is 1. The molecule has 0 aromatic carbocycles. The average Bonchev–Trinajstić information content (AvgIpc) is 3.05. The van der Waals surface area contributed by atoms with Gasteiger partial charge in [-0.1, -0.05) is 0 Å². The fourth-order valence-corrected chi connectivity index (χ4v) is 3.84. The molecule has 1 atom stereocenters. The largest absolute Gasteiger partial charge is 0.396 e. The molecule has 1 aliphatic rings. The summed E-state index contributed by atoms with van der Waals surface area (Å²) in [4.78, 5) is 11.3. The normalized spacial score (nSPS) is 17.6. The molecule has 3 aromatic heterocycles. The van der Waals surface area contributed by atoms with E-state index in [2.05, 4.69) is 36.2 Å². The zero-order valence-corrected chi connectivity index (χ0v) is 15.9. The average molecular weight is 417 g/mol. The van der Waals surface area contributed by atoms with E-state index < -0.39 is 0 Å². The van der Waals surface area contributed by atoms with Gasteiger partial charge in [0.05, 0.1) is 22.6 Å². The topological polar surface area (TPSA) is 78.6 Å². The molecule has 1 aliphatic heterocycles. The van der Waals surface area contributed by atoms with Gasteiger partial charge < -0.3 is 15.3 Å². The second-order valence-corrected chi connectivity index (χ2v) is 7.30. The number of anilines is 3. The summed E-state index contributed by atoms with van der Waals surface area (Å²) in [5, 5.41) is 17.2. The molecule has 2 N–H and O–H groups in total. The summed E-state index contributed by atoms with van der Waals surface area (Å²) in [6, 6.07) is 6.20. The van der Waals surface area contributed by atoms with Gasteiger partial charge in [-0.05, 0) is 53.7 Å². The summed E-state index contributed by atoms with van der Waals surface area (Å²) in [6.45, 7) is 1.15. The number of hydrogen-bond acceptors (Lipinski definition) is 6. The highest BCUT2D eigenvalue weighted by Gasteiger charge is 2.24. The highest BCUT2D eigenvalue weighted by Crippen LogP contribution is 2.30. The fraction of sp³-hybridized carbons (Fsp3) is 0.389. The van der Waals surface area contributed by atoms with Gasteiger partial charge in [0, 0.05) is 31.5 Å². The summed E-state index contributed by atoms with van der Waals surface area (Å²) in [5.74, 6) is 1.74. The van der Waals surface area contributed by atoms with Crippen molar-refractivity contribution >= 4 is 38.9 Å². The molecular formula is C18H21BrN6O. The van der Waals surface area contributed by atoms with E-state index in [0.717, 1.165) is 53.3 Å². The van der Waals surface area contributed by atoms with Crippen LogP contribution in [0.3, 0.4) is 0 Å². The maximum Gasteiger partial charge on any atom is 0.173 e. The maximum atomic E-state index is 9.43. The first kappa shape index (κ1) is 17.2. The number of hydrogen-bond donors (Lipinski definition) is 2. The van der Waals surface area contributed by atoms with Gasteiger partial charge in [0.2, 0.25) is 0 Å². The van der Waals surface area contributed by atoms with Gasteiger partial charge >= 0.3 is 0 Å². The lowest BCUT2D eigenvalue weighted by Crippen LogP contribution is -2.40. The first-order valence-corrected chi connectivity index (χ1v) is 9.64. The van der Waals surface area contributed by atoms with E-state index in [0.29, 0.717) is 6.04 Å². The first-order chi connectivity index (χ1) is 12.8. The van der Waals surface area contributed by atoms with Gasteiger partial charge in [0.1, 0.15) is 11.6 Å². The van der Waals surface area contributed by atoms with Crippen LogP contribution >= 0.6 is 15.9 Å². The Morgan fingerprint density at radius 1 is 1.31 bits per heavy atom. The molecule has 0 aliphatic carbocycles. The van der Waals surface area contributed by atoms with Crippen molar-refractivity contribution in [2.75, 3.05) is 23.4 Å². The van der Waals surface area contributed by atoms with Crippen LogP contribution in [0.1, 0.15) is 25.7 Å². The Morgan fingerprint density at radius 3 is 3.04 bits per heavy atom. The van der Waals surface area contributed by atoms with Crippen molar-refractivity contribution in [3.8, 4) is 0 Å². The second kappa shape index (κ2) is 7.59. The molecule has 26 heavy (non-hydrogen) atoms. The van der Waals surface area contributed by atoms with Crippen LogP contribution in [0.25, 0.3) is 5.65 Å². The van der Waals surface area contributed by atoms with Crippen LogP contribution in [-0.2, 0) is 0 Å². The predicted molar refractivity (Wildman–Crippen MR) is 105 cm³/mol. The zero-order valence-electron chi connectivity index (χ0n) is 14.3. The summed E-state index contributed by atoms with van der Waals surface area (Å²) >= 11 is 3.55. The number of aliphatic hydroxyl groups excluding tert-OH is 1. The van der Waals surface area contributed by atoms with Crippen molar-refractivity contribution in [1.82, 2.24) is 19.6 Å². The maximum absolute atomic E-state index is 9.43. The Morgan fingerprint density at radius 2 is 2.23 bits per heavy atom. The van der Waals surface area contributed by atoms with Crippen molar-refractivity contribution < 1.29 is 5.11 Å². The molecule has 0 bridgehead atoms. The molecule has 8 heteroatoms. The van der Waals surface area contributed by atoms with Gasteiger partial charge in [0.15, 0.2) is 5.65 Å². The van der Waals surface area contributed by atoms with Crippen LogP contribution in [0.4, 0.5) is 17.3 Å². The van der Waals surface area contributed by atoms with E-state index in [1.165, 1.54) is 6.42 Å². The van der Waals surface area contributed by atoms with Crippen molar-refractivity contribution in [3.63, 3.8) is 0 Å². The molecule has 0 amide bonds. The van der Waals surface area contributed by atoms with Crippen LogP contribution in [0.2, 0.25) is 0 Å². The highest BCUT2D eigenvalue weighted by molar-refractivity contribution is 9.10. The Bertz CT molecular complexity index is 882. The van der Waals surface area contributed by atoms with Gasteiger partial charge in [-0.2, -0.15) is 9.61 Å². The van der Waals surface area contributed by atoms with E-state index in [1.54, 1.807) is 23.1 Å². The molecule has 7 nitrogen and oxygen atoms in total. The van der Waals surface area contributed by atoms with Crippen molar-refractivity contribution in [3.05, 3.63) is 41.3 Å². The third-order valence-electron chi connectivity index (χ3n) is 4.73. The predicted octanol–water partition coefficient (Wildman–Crippen LogP) is 3.37. The zero-order chi connectivity index (χ0) is 17.9. The highest BCUT2D eigenvalue weighted by atomic mass is 79.9. The lowest BCUT2D eigenvalue weighted by Gasteiger charge is -2.36. The molecule has 0 radical (unpaired) electrons. The van der Waals surface area contributed by atoms with E-state index in [9.17, 15) is 5.11 Å². The van der Waals surface area contributed by atoms with Crippen molar-refractivity contribution in [1.29, 1.82) is 0 Å². The minimum Gasteiger partial charge on any atom is -0.396 e. The van der Waals surface area contributed by atoms with Crippen molar-refractivity contribution in [2.45, 2.75) is 31.7 Å². The van der Waals surface area contributed by atoms with Gasteiger partial charge in [-0.25, -0.2) is 4.98 Å². The fourth-order valence-electron chi connectivity index (χ4n) is 3.50. The van der Waals surface area contributed by atoms with Crippen LogP contribution in [-0.4, -0.2) is 43.9 Å². The van der Waals surface area contributed by atoms with Gasteiger partial charge in [-0.15, -0.1) is 0 Å². The number of nitrogens with zero attached hydrogens (tertiary/aromatic N) is 5. The Balaban J connectivity index is 1.76. The number of fused-ring (bicyclic) bond motifs is 1. The molecule has 4 rings (SSSR count). The van der Waals surface area contributed by atoms with Crippen LogP contribution < -0.4 is 10.2 Å². The van der Waals surface area contributed by atoms with Crippen LogP contribution in [0.5, 0.6) is 0 Å². The van der Waals surface area contributed by atoms with Gasteiger partial charge in [-0.3, -0.25) is 4.98 Å². The number of rotatable bonds is 5. The quantitative estimate of drug-likeness (QED) is 0.663. The second-order valence-electron chi connectivity index (χ2n) is 6.45. The molecule has 1 saturated heterocycles. The number of aromatic nitrogens is 4. The molecule has 3 aromatic rings.